The molecule has 11 nitrogen and oxygen atoms in total. The van der Waals surface area contributed by atoms with Crippen molar-refractivity contribution in [3.63, 3.8) is 0 Å². The summed E-state index contributed by atoms with van der Waals surface area (Å²) in [4.78, 5) is 30.0. The summed E-state index contributed by atoms with van der Waals surface area (Å²) in [6.07, 6.45) is 5.22. The Bertz CT molecular complexity index is 1430. The molecule has 4 aromatic rings. The van der Waals surface area contributed by atoms with Crippen LogP contribution >= 0.6 is 0 Å². The molecular weight excluding hydrogens is 400 g/mol. The van der Waals surface area contributed by atoms with Gasteiger partial charge in [-0.1, -0.05) is 18.2 Å². The smallest absolute Gasteiger partial charge is 0.326 e. The number of ether oxygens (including phenoxy) is 1. The van der Waals surface area contributed by atoms with Gasteiger partial charge >= 0.3 is 5.69 Å². The highest BCUT2D eigenvalue weighted by Gasteiger charge is 2.21. The van der Waals surface area contributed by atoms with E-state index in [2.05, 4.69) is 35.3 Å². The number of methoxy groups -OCH3 is 1. The molecule has 0 amide bonds. The molecule has 0 saturated heterocycles. The number of aromatic nitrogens is 6. The highest BCUT2D eigenvalue weighted by molar-refractivity contribution is 5.57. The number of nitrogens with zero attached hydrogens (tertiary/aromatic N) is 5. The Kier molecular flexibility index (Phi) is 4.62. The Morgan fingerprint density at radius 3 is 2.90 bits per heavy atom. The molecule has 5 rings (SSSR count). The van der Waals surface area contributed by atoms with Crippen molar-refractivity contribution in [1.82, 2.24) is 29.5 Å². The van der Waals surface area contributed by atoms with E-state index in [1.165, 1.54) is 0 Å². The number of aromatic amines is 2. The standard InChI is InChI=1S/C20H20N8O3/c1-31-15-5-3-2-4-11(15)9-21-18-25-16-12(8-14-17(29)26-20(30)24-14)10-22-28(16)19(27-18)23-13-6-7-13/h2-5,8,10,13,29H,6-7,9H2,1H3,(H,21,23,27)(H2,24,26,30). The van der Waals surface area contributed by atoms with Crippen LogP contribution in [0.2, 0.25) is 0 Å². The zero-order valence-corrected chi connectivity index (χ0v) is 16.7. The van der Waals surface area contributed by atoms with Crippen LogP contribution in [-0.2, 0) is 6.54 Å². The fourth-order valence-corrected chi connectivity index (χ4v) is 3.18. The average Bonchev–Trinajstić information content (AvgIpc) is 3.41. The molecule has 1 aromatic carbocycles. The van der Waals surface area contributed by atoms with Crippen LogP contribution in [0, 0.1) is 0 Å². The minimum absolute atomic E-state index is 0.238. The average molecular weight is 420 g/mol. The molecule has 1 aliphatic rings. The number of aromatic hydroxyl groups is 1. The van der Waals surface area contributed by atoms with Gasteiger partial charge in [0.25, 0.3) is 5.62 Å². The van der Waals surface area contributed by atoms with Gasteiger partial charge in [0.2, 0.25) is 11.8 Å². The summed E-state index contributed by atoms with van der Waals surface area (Å²) >= 11 is 0. The second-order valence-corrected chi connectivity index (χ2v) is 7.19. The van der Waals surface area contributed by atoms with Crippen molar-refractivity contribution in [3.8, 4) is 11.6 Å². The van der Waals surface area contributed by atoms with Crippen molar-refractivity contribution in [2.45, 2.75) is 25.4 Å². The summed E-state index contributed by atoms with van der Waals surface area (Å²) in [5, 5.41) is 18.1. The normalized spacial score (nSPS) is 15.0. The minimum Gasteiger partial charge on any atom is -0.496 e. The van der Waals surface area contributed by atoms with Crippen LogP contribution in [0.25, 0.3) is 11.7 Å². The van der Waals surface area contributed by atoms with Gasteiger partial charge in [-0.05, 0) is 25.0 Å². The number of imidazole rings is 1. The van der Waals surface area contributed by atoms with Gasteiger partial charge in [-0.2, -0.15) is 19.6 Å². The second kappa shape index (κ2) is 7.59. The Morgan fingerprint density at radius 2 is 2.16 bits per heavy atom. The number of fused-ring (bicyclic) bond motifs is 1. The van der Waals surface area contributed by atoms with E-state index in [9.17, 15) is 9.90 Å². The van der Waals surface area contributed by atoms with Gasteiger partial charge in [0.15, 0.2) is 5.65 Å². The molecule has 1 saturated carbocycles. The number of benzene rings is 1. The van der Waals surface area contributed by atoms with E-state index >= 15 is 0 Å². The second-order valence-electron chi connectivity index (χ2n) is 7.19. The Labute approximate surface area is 175 Å². The van der Waals surface area contributed by atoms with Crippen LogP contribution in [0.3, 0.4) is 0 Å². The lowest BCUT2D eigenvalue weighted by Gasteiger charge is -2.09. The van der Waals surface area contributed by atoms with Crippen molar-refractivity contribution < 1.29 is 9.84 Å². The van der Waals surface area contributed by atoms with Crippen LogP contribution in [-0.4, -0.2) is 47.8 Å². The maximum Gasteiger partial charge on any atom is 0.326 e. The van der Waals surface area contributed by atoms with E-state index in [1.54, 1.807) is 23.9 Å². The lowest BCUT2D eigenvalue weighted by atomic mass is 10.2. The zero-order chi connectivity index (χ0) is 21.4. The van der Waals surface area contributed by atoms with Crippen LogP contribution in [0.15, 0.2) is 40.2 Å². The van der Waals surface area contributed by atoms with Gasteiger partial charge < -0.3 is 20.1 Å². The molecule has 1 aliphatic carbocycles. The zero-order valence-electron chi connectivity index (χ0n) is 16.7. The van der Waals surface area contributed by atoms with Crippen molar-refractivity contribution in [2.75, 3.05) is 12.4 Å². The Balaban J connectivity index is 1.59. The van der Waals surface area contributed by atoms with Crippen molar-refractivity contribution in [1.29, 1.82) is 0 Å². The third kappa shape index (κ3) is 3.84. The number of para-hydroxylation sites is 1. The van der Waals surface area contributed by atoms with Gasteiger partial charge in [-0.25, -0.2) is 9.79 Å². The third-order valence-electron chi connectivity index (χ3n) is 4.89. The number of H-pyrrole nitrogens is 2. The van der Waals surface area contributed by atoms with Gasteiger partial charge in [0.1, 0.15) is 11.4 Å². The molecule has 1 fully saturated rings. The summed E-state index contributed by atoms with van der Waals surface area (Å²) in [7, 11) is 1.63. The van der Waals surface area contributed by atoms with Crippen molar-refractivity contribution >= 4 is 17.7 Å². The summed E-state index contributed by atoms with van der Waals surface area (Å²) in [5.74, 6) is 0.903. The van der Waals surface area contributed by atoms with Crippen LogP contribution in [0.1, 0.15) is 24.1 Å². The lowest BCUT2D eigenvalue weighted by Crippen LogP contribution is -2.24. The molecule has 11 heteroatoms. The van der Waals surface area contributed by atoms with E-state index < -0.39 is 5.69 Å². The quantitative estimate of drug-likeness (QED) is 0.345. The largest absolute Gasteiger partial charge is 0.496 e. The van der Waals surface area contributed by atoms with Crippen LogP contribution in [0.5, 0.6) is 11.6 Å². The first-order valence-corrected chi connectivity index (χ1v) is 9.79. The first-order chi connectivity index (χ1) is 15.1. The van der Waals surface area contributed by atoms with Crippen molar-refractivity contribution in [2.24, 2.45) is 4.99 Å². The van der Waals surface area contributed by atoms with E-state index in [4.69, 9.17) is 4.74 Å². The maximum atomic E-state index is 11.4. The highest BCUT2D eigenvalue weighted by Crippen LogP contribution is 2.22. The van der Waals surface area contributed by atoms with Crippen LogP contribution in [0.4, 0.5) is 5.95 Å². The number of hydrogen-bond donors (Lipinski definition) is 4. The van der Waals surface area contributed by atoms with Gasteiger partial charge in [0.05, 0.1) is 19.3 Å². The minimum atomic E-state index is -0.501. The van der Waals surface area contributed by atoms with Gasteiger partial charge in [-0.3, -0.25) is 4.98 Å². The summed E-state index contributed by atoms with van der Waals surface area (Å²) in [6.45, 7) is 0.460. The highest BCUT2D eigenvalue weighted by atomic mass is 16.5. The maximum absolute atomic E-state index is 11.4. The SMILES string of the molecule is COc1ccccc1CNc1nc(=NC2CC2)n2ncc(=Cc3[nH]c(=O)[nH]c3O)c2n1. The van der Waals surface area contributed by atoms with E-state index in [0.717, 1.165) is 24.2 Å². The van der Waals surface area contributed by atoms with Crippen LogP contribution < -0.4 is 26.6 Å². The van der Waals surface area contributed by atoms with Crippen molar-refractivity contribution in [3.05, 3.63) is 63.0 Å². The molecule has 0 radical (unpaired) electrons. The predicted octanol–water partition coefficient (Wildman–Crippen LogP) is 0.0778. The molecule has 3 aromatic heterocycles. The fourth-order valence-electron chi connectivity index (χ4n) is 3.18. The Morgan fingerprint density at radius 1 is 1.32 bits per heavy atom. The number of rotatable bonds is 6. The number of hydrogen-bond acceptors (Lipinski definition) is 8. The summed E-state index contributed by atoms with van der Waals surface area (Å²) in [5.41, 5.74) is 1.64. The molecule has 0 spiro atoms. The fraction of sp³-hybridized carbons (Fsp3) is 0.250. The molecule has 0 bridgehead atoms. The molecule has 4 N–H and O–H groups in total. The van der Waals surface area contributed by atoms with E-state index in [1.807, 2.05) is 24.3 Å². The molecule has 0 aliphatic heterocycles. The summed E-state index contributed by atoms with van der Waals surface area (Å²) < 4.78 is 6.96. The molecular formula is C20H20N8O3. The first kappa shape index (κ1) is 18.9. The third-order valence-corrected chi connectivity index (χ3v) is 4.89. The molecule has 31 heavy (non-hydrogen) atoms. The van der Waals surface area contributed by atoms with Gasteiger partial charge in [0, 0.05) is 17.3 Å². The lowest BCUT2D eigenvalue weighted by molar-refractivity contribution is 0.410. The molecule has 0 unspecified atom stereocenters. The predicted molar refractivity (Wildman–Crippen MR) is 112 cm³/mol. The molecule has 3 heterocycles. The van der Waals surface area contributed by atoms with E-state index in [0.29, 0.717) is 29.0 Å². The molecule has 0 atom stereocenters. The first-order valence-electron chi connectivity index (χ1n) is 9.79. The summed E-state index contributed by atoms with van der Waals surface area (Å²) in [6, 6.07) is 7.94. The van der Waals surface area contributed by atoms with E-state index in [-0.39, 0.29) is 17.6 Å². The monoisotopic (exact) mass is 420 g/mol. The Hall–Kier alpha value is -4.15. The molecule has 158 valence electrons. The topological polar surface area (TPSA) is 146 Å². The number of nitrogens with one attached hydrogen (secondary N) is 3. The van der Waals surface area contributed by atoms with Gasteiger partial charge in [-0.15, -0.1) is 0 Å². The number of anilines is 1.